The predicted molar refractivity (Wildman–Crippen MR) is 61.3 cm³/mol. The fourth-order valence-corrected chi connectivity index (χ4v) is 2.36. The average molecular weight is 221 g/mol. The van der Waals surface area contributed by atoms with Crippen molar-refractivity contribution in [3.63, 3.8) is 0 Å². The molecule has 3 heterocycles. The normalized spacial score (nSPS) is 22.2. The summed E-state index contributed by atoms with van der Waals surface area (Å²) in [6, 6.07) is 1.11. The van der Waals surface area contributed by atoms with Gasteiger partial charge in [-0.2, -0.15) is 5.10 Å². The van der Waals surface area contributed by atoms with Crippen molar-refractivity contribution in [2.45, 2.75) is 38.9 Å². The first-order valence-electron chi connectivity index (χ1n) is 6.12. The van der Waals surface area contributed by atoms with E-state index in [2.05, 4.69) is 34.7 Å². The Morgan fingerprint density at radius 3 is 2.88 bits per heavy atom. The van der Waals surface area contributed by atoms with Gasteiger partial charge >= 0.3 is 0 Å². The van der Waals surface area contributed by atoms with Crippen molar-refractivity contribution >= 4 is 0 Å². The lowest BCUT2D eigenvalue weighted by Crippen LogP contribution is -2.35. The molecule has 2 aliphatic heterocycles. The fourth-order valence-electron chi connectivity index (χ4n) is 2.36. The summed E-state index contributed by atoms with van der Waals surface area (Å²) in [5.74, 6) is 0. The van der Waals surface area contributed by atoms with E-state index in [1.54, 1.807) is 0 Å². The molecule has 1 aromatic rings. The van der Waals surface area contributed by atoms with E-state index in [4.69, 9.17) is 4.74 Å². The van der Waals surface area contributed by atoms with Crippen molar-refractivity contribution in [1.29, 1.82) is 0 Å². The highest BCUT2D eigenvalue weighted by Crippen LogP contribution is 2.23. The Bertz CT molecular complexity index is 382. The topological polar surface area (TPSA) is 30.3 Å². The van der Waals surface area contributed by atoms with Gasteiger partial charge in [0.25, 0.3) is 0 Å². The van der Waals surface area contributed by atoms with Crippen LogP contribution >= 0.6 is 0 Å². The molecule has 1 aromatic heterocycles. The third-order valence-corrected chi connectivity index (χ3v) is 3.63. The van der Waals surface area contributed by atoms with Gasteiger partial charge in [0.1, 0.15) is 0 Å². The van der Waals surface area contributed by atoms with Gasteiger partial charge in [0.2, 0.25) is 0 Å². The van der Waals surface area contributed by atoms with Crippen LogP contribution in [0.4, 0.5) is 0 Å². The van der Waals surface area contributed by atoms with Gasteiger partial charge in [-0.1, -0.05) is 0 Å². The maximum absolute atomic E-state index is 5.21. The van der Waals surface area contributed by atoms with Gasteiger partial charge in [0.05, 0.1) is 24.9 Å². The highest BCUT2D eigenvalue weighted by molar-refractivity contribution is 5.20. The molecule has 0 saturated carbocycles. The number of aromatic nitrogens is 2. The van der Waals surface area contributed by atoms with Crippen molar-refractivity contribution in [2.24, 2.45) is 0 Å². The molecule has 4 nitrogen and oxygen atoms in total. The number of rotatable bonds is 2. The molecule has 2 aliphatic rings. The molecule has 0 spiro atoms. The first-order chi connectivity index (χ1) is 7.74. The molecule has 0 radical (unpaired) electrons. The lowest BCUT2D eigenvalue weighted by molar-refractivity contribution is -0.0287. The molecule has 0 atom stereocenters. The maximum atomic E-state index is 5.21. The Morgan fingerprint density at radius 1 is 1.44 bits per heavy atom. The second-order valence-corrected chi connectivity index (χ2v) is 5.09. The van der Waals surface area contributed by atoms with Crippen LogP contribution in [0.2, 0.25) is 0 Å². The molecule has 0 bridgehead atoms. The third-order valence-electron chi connectivity index (χ3n) is 3.63. The zero-order valence-electron chi connectivity index (χ0n) is 10.0. The Balaban J connectivity index is 1.79. The molecule has 0 N–H and O–H groups in total. The lowest BCUT2D eigenvalue weighted by Gasteiger charge is -2.29. The van der Waals surface area contributed by atoms with Crippen LogP contribution in [0.5, 0.6) is 0 Å². The quantitative estimate of drug-likeness (QED) is 0.752. The molecule has 16 heavy (non-hydrogen) atoms. The van der Waals surface area contributed by atoms with Crippen molar-refractivity contribution in [1.82, 2.24) is 14.7 Å². The van der Waals surface area contributed by atoms with Crippen molar-refractivity contribution in [3.8, 4) is 0 Å². The number of fused-ring (bicyclic) bond motifs is 1. The molecule has 1 fully saturated rings. The zero-order chi connectivity index (χ0) is 11.1. The molecule has 4 heteroatoms. The maximum Gasteiger partial charge on any atom is 0.0985 e. The van der Waals surface area contributed by atoms with Gasteiger partial charge in [-0.3, -0.25) is 9.58 Å². The van der Waals surface area contributed by atoms with E-state index in [9.17, 15) is 0 Å². The zero-order valence-corrected chi connectivity index (χ0v) is 10.0. The Hall–Kier alpha value is -0.870. The number of hydrogen-bond donors (Lipinski definition) is 0. The molecule has 0 amide bonds. The molecular formula is C12H19N3O. The van der Waals surface area contributed by atoms with Crippen LogP contribution in [0.25, 0.3) is 0 Å². The van der Waals surface area contributed by atoms with E-state index in [1.165, 1.54) is 11.3 Å². The number of ether oxygens (including phenoxy) is 1. The predicted octanol–water partition coefficient (Wildman–Crippen LogP) is 1.22. The fraction of sp³-hybridized carbons (Fsp3) is 0.750. The van der Waals surface area contributed by atoms with Gasteiger partial charge in [0, 0.05) is 37.3 Å². The lowest BCUT2D eigenvalue weighted by atomic mass is 10.1. The van der Waals surface area contributed by atoms with E-state index < -0.39 is 0 Å². The summed E-state index contributed by atoms with van der Waals surface area (Å²) in [5, 5.41) is 4.68. The number of hydrogen-bond acceptors (Lipinski definition) is 3. The van der Waals surface area contributed by atoms with Crippen molar-refractivity contribution in [3.05, 3.63) is 17.5 Å². The van der Waals surface area contributed by atoms with E-state index in [1.807, 2.05) is 0 Å². The Labute approximate surface area is 96.2 Å². The Morgan fingerprint density at radius 2 is 2.25 bits per heavy atom. The molecule has 3 rings (SSSR count). The average Bonchev–Trinajstić information content (AvgIpc) is 2.56. The van der Waals surface area contributed by atoms with Gasteiger partial charge in [-0.25, -0.2) is 0 Å². The molecule has 0 unspecified atom stereocenters. The largest absolute Gasteiger partial charge is 0.377 e. The van der Waals surface area contributed by atoms with E-state index in [0.717, 1.165) is 32.7 Å². The van der Waals surface area contributed by atoms with Crippen molar-refractivity contribution in [2.75, 3.05) is 19.8 Å². The summed E-state index contributed by atoms with van der Waals surface area (Å²) in [6.45, 7) is 8.37. The highest BCUT2D eigenvalue weighted by atomic mass is 16.5. The Kier molecular flexibility index (Phi) is 2.48. The molecule has 88 valence electrons. The van der Waals surface area contributed by atoms with Gasteiger partial charge < -0.3 is 4.74 Å². The summed E-state index contributed by atoms with van der Waals surface area (Å²) >= 11 is 0. The summed E-state index contributed by atoms with van der Waals surface area (Å²) in [6.07, 6.45) is 3.31. The van der Waals surface area contributed by atoms with E-state index >= 15 is 0 Å². The van der Waals surface area contributed by atoms with Crippen LogP contribution in [0.15, 0.2) is 6.20 Å². The minimum absolute atomic E-state index is 0.484. The minimum Gasteiger partial charge on any atom is -0.377 e. The monoisotopic (exact) mass is 221 g/mol. The molecule has 0 aromatic carbocycles. The minimum atomic E-state index is 0.484. The molecular weight excluding hydrogens is 202 g/mol. The van der Waals surface area contributed by atoms with Gasteiger partial charge in [-0.05, 0) is 13.8 Å². The first-order valence-corrected chi connectivity index (χ1v) is 6.12. The first kappa shape index (κ1) is 10.3. The number of nitrogens with zero attached hydrogens (tertiary/aromatic N) is 3. The standard InChI is InChI=1S/C12H19N3O/c1-9(2)14-4-3-12-10(5-14)6-15(13-12)11-7-16-8-11/h6,9,11H,3-5,7-8H2,1-2H3. The van der Waals surface area contributed by atoms with E-state index in [-0.39, 0.29) is 0 Å². The van der Waals surface area contributed by atoms with Crippen molar-refractivity contribution < 1.29 is 4.74 Å². The van der Waals surface area contributed by atoms with Crippen LogP contribution in [0.1, 0.15) is 31.1 Å². The van der Waals surface area contributed by atoms with Crippen LogP contribution < -0.4 is 0 Å². The van der Waals surface area contributed by atoms with Crippen LogP contribution in [-0.2, 0) is 17.7 Å². The van der Waals surface area contributed by atoms with Gasteiger partial charge in [0.15, 0.2) is 0 Å². The second-order valence-electron chi connectivity index (χ2n) is 5.09. The van der Waals surface area contributed by atoms with Crippen LogP contribution in [0.3, 0.4) is 0 Å². The van der Waals surface area contributed by atoms with Crippen LogP contribution in [0, 0.1) is 0 Å². The summed E-state index contributed by atoms with van der Waals surface area (Å²) in [4.78, 5) is 2.51. The third kappa shape index (κ3) is 1.66. The molecule has 0 aliphatic carbocycles. The second kappa shape index (κ2) is 3.86. The van der Waals surface area contributed by atoms with Crippen LogP contribution in [-0.4, -0.2) is 40.5 Å². The smallest absolute Gasteiger partial charge is 0.0985 e. The summed E-state index contributed by atoms with van der Waals surface area (Å²) in [7, 11) is 0. The van der Waals surface area contributed by atoms with E-state index in [0.29, 0.717) is 12.1 Å². The summed E-state index contributed by atoms with van der Waals surface area (Å²) < 4.78 is 7.32. The SMILES string of the molecule is CC(C)N1CCc2nn(C3COC3)cc2C1. The highest BCUT2D eigenvalue weighted by Gasteiger charge is 2.26. The van der Waals surface area contributed by atoms with Gasteiger partial charge in [-0.15, -0.1) is 0 Å². The molecule has 1 saturated heterocycles. The summed E-state index contributed by atoms with van der Waals surface area (Å²) in [5.41, 5.74) is 2.70.